The molecule has 0 saturated heterocycles. The minimum Gasteiger partial charge on any atom is -0.481 e. The van der Waals surface area contributed by atoms with Crippen LogP contribution in [0, 0.1) is 6.92 Å². The van der Waals surface area contributed by atoms with Crippen LogP contribution in [0.25, 0.3) is 0 Å². The molecule has 21 heavy (non-hydrogen) atoms. The van der Waals surface area contributed by atoms with Gasteiger partial charge in [0.05, 0.1) is 7.11 Å². The van der Waals surface area contributed by atoms with Crippen LogP contribution in [0.15, 0.2) is 18.2 Å². The molecule has 0 aromatic heterocycles. The van der Waals surface area contributed by atoms with Crippen molar-refractivity contribution < 1.29 is 19.1 Å². The number of carbonyl (C=O) groups is 2. The second kappa shape index (κ2) is 7.67. The molecule has 0 saturated carbocycles. The molecule has 0 spiro atoms. The van der Waals surface area contributed by atoms with Gasteiger partial charge in [0.2, 0.25) is 0 Å². The topological polar surface area (TPSA) is 64.6 Å². The second-order valence-corrected chi connectivity index (χ2v) is 5.25. The average molecular weight is 293 g/mol. The number of carbonyl (C=O) groups excluding carboxylic acids is 2. The summed E-state index contributed by atoms with van der Waals surface area (Å²) in [6.45, 7) is 7.60. The maximum Gasteiger partial charge on any atom is 0.325 e. The van der Waals surface area contributed by atoms with Gasteiger partial charge in [-0.1, -0.05) is 26.0 Å². The van der Waals surface area contributed by atoms with Crippen LogP contribution >= 0.6 is 0 Å². The van der Waals surface area contributed by atoms with Crippen molar-refractivity contribution in [3.8, 4) is 5.75 Å². The molecule has 1 rings (SSSR count). The summed E-state index contributed by atoms with van der Waals surface area (Å²) in [6.07, 6.45) is -0.686. The summed E-state index contributed by atoms with van der Waals surface area (Å²) in [7, 11) is 1.27. The fourth-order valence-corrected chi connectivity index (χ4v) is 1.84. The predicted octanol–water partition coefficient (Wildman–Crippen LogP) is 2.17. The normalized spacial score (nSPS) is 11.9. The summed E-state index contributed by atoms with van der Waals surface area (Å²) < 4.78 is 10.2. The number of methoxy groups -OCH3 is 1. The van der Waals surface area contributed by atoms with Crippen LogP contribution in [-0.4, -0.2) is 31.6 Å². The van der Waals surface area contributed by atoms with Crippen molar-refractivity contribution in [1.29, 1.82) is 0 Å². The average Bonchev–Trinajstić information content (AvgIpc) is 2.43. The summed E-state index contributed by atoms with van der Waals surface area (Å²) in [6, 6.07) is 5.94. The Morgan fingerprint density at radius 3 is 2.48 bits per heavy atom. The summed E-state index contributed by atoms with van der Waals surface area (Å²) in [5.74, 6) is 0.155. The first-order chi connectivity index (χ1) is 9.85. The van der Waals surface area contributed by atoms with E-state index in [2.05, 4.69) is 23.9 Å². The summed E-state index contributed by atoms with van der Waals surface area (Å²) in [4.78, 5) is 22.9. The van der Waals surface area contributed by atoms with E-state index in [9.17, 15) is 9.59 Å². The molecule has 0 heterocycles. The standard InChI is InChI=1S/C16H23NO4/c1-10(2)13-7-6-11(3)8-14(13)21-12(4)16(19)17-9-15(18)20-5/h6-8,10,12H,9H2,1-5H3,(H,17,19)/t12-/m1/s1. The fourth-order valence-electron chi connectivity index (χ4n) is 1.84. The Morgan fingerprint density at radius 2 is 1.90 bits per heavy atom. The van der Waals surface area contributed by atoms with Crippen molar-refractivity contribution in [3.05, 3.63) is 29.3 Å². The Morgan fingerprint density at radius 1 is 1.24 bits per heavy atom. The smallest absolute Gasteiger partial charge is 0.325 e. The third kappa shape index (κ3) is 5.10. The lowest BCUT2D eigenvalue weighted by molar-refractivity contribution is -0.141. The Bertz CT molecular complexity index is 511. The molecule has 5 nitrogen and oxygen atoms in total. The van der Waals surface area contributed by atoms with Gasteiger partial charge < -0.3 is 14.8 Å². The van der Waals surface area contributed by atoms with E-state index in [0.29, 0.717) is 11.7 Å². The molecular formula is C16H23NO4. The summed E-state index contributed by atoms with van der Waals surface area (Å²) >= 11 is 0. The Kier molecular flexibility index (Phi) is 6.21. The van der Waals surface area contributed by atoms with Crippen molar-refractivity contribution in [2.75, 3.05) is 13.7 Å². The molecule has 5 heteroatoms. The molecule has 0 fully saturated rings. The summed E-state index contributed by atoms with van der Waals surface area (Å²) in [5.41, 5.74) is 2.12. The van der Waals surface area contributed by atoms with E-state index in [1.807, 2.05) is 25.1 Å². The highest BCUT2D eigenvalue weighted by atomic mass is 16.5. The number of benzene rings is 1. The highest BCUT2D eigenvalue weighted by molar-refractivity contribution is 5.84. The second-order valence-electron chi connectivity index (χ2n) is 5.25. The quantitative estimate of drug-likeness (QED) is 0.816. The van der Waals surface area contributed by atoms with Crippen molar-refractivity contribution in [1.82, 2.24) is 5.32 Å². The van der Waals surface area contributed by atoms with E-state index in [0.717, 1.165) is 11.1 Å². The van der Waals surface area contributed by atoms with E-state index in [1.54, 1.807) is 6.92 Å². The van der Waals surface area contributed by atoms with Gasteiger partial charge in [-0.25, -0.2) is 0 Å². The van der Waals surface area contributed by atoms with E-state index < -0.39 is 12.1 Å². The van der Waals surface area contributed by atoms with Gasteiger partial charge in [-0.05, 0) is 37.0 Å². The number of hydrogen-bond acceptors (Lipinski definition) is 4. The van der Waals surface area contributed by atoms with Crippen LogP contribution in [0.1, 0.15) is 37.8 Å². The first-order valence-electron chi connectivity index (χ1n) is 6.96. The molecule has 1 atom stereocenters. The van der Waals surface area contributed by atoms with Crippen LogP contribution in [0.5, 0.6) is 5.75 Å². The summed E-state index contributed by atoms with van der Waals surface area (Å²) in [5, 5.41) is 2.48. The SMILES string of the molecule is COC(=O)CNC(=O)[C@@H](C)Oc1cc(C)ccc1C(C)C. The highest BCUT2D eigenvalue weighted by Gasteiger charge is 2.18. The highest BCUT2D eigenvalue weighted by Crippen LogP contribution is 2.28. The zero-order valence-corrected chi connectivity index (χ0v) is 13.2. The maximum absolute atomic E-state index is 11.9. The van der Waals surface area contributed by atoms with Gasteiger partial charge in [0.15, 0.2) is 6.10 Å². The minimum absolute atomic E-state index is 0.159. The number of aryl methyl sites for hydroxylation is 1. The number of esters is 1. The van der Waals surface area contributed by atoms with E-state index in [4.69, 9.17) is 4.74 Å². The molecular weight excluding hydrogens is 270 g/mol. The van der Waals surface area contributed by atoms with Gasteiger partial charge in [0.25, 0.3) is 5.91 Å². The van der Waals surface area contributed by atoms with E-state index in [-0.39, 0.29) is 12.5 Å². The molecule has 0 unspecified atom stereocenters. The van der Waals surface area contributed by atoms with Crippen molar-refractivity contribution in [3.63, 3.8) is 0 Å². The Balaban J connectivity index is 2.73. The van der Waals surface area contributed by atoms with Gasteiger partial charge >= 0.3 is 5.97 Å². The molecule has 1 N–H and O–H groups in total. The first-order valence-corrected chi connectivity index (χ1v) is 6.96. The lowest BCUT2D eigenvalue weighted by Crippen LogP contribution is -2.39. The monoisotopic (exact) mass is 293 g/mol. The van der Waals surface area contributed by atoms with Gasteiger partial charge in [0.1, 0.15) is 12.3 Å². The van der Waals surface area contributed by atoms with Gasteiger partial charge in [-0.15, -0.1) is 0 Å². The van der Waals surface area contributed by atoms with Crippen LogP contribution in [0.4, 0.5) is 0 Å². The zero-order valence-electron chi connectivity index (χ0n) is 13.2. The third-order valence-corrected chi connectivity index (χ3v) is 3.10. The van der Waals surface area contributed by atoms with Crippen LogP contribution in [-0.2, 0) is 14.3 Å². The number of nitrogens with one attached hydrogen (secondary N) is 1. The van der Waals surface area contributed by atoms with Crippen LogP contribution in [0.2, 0.25) is 0 Å². The molecule has 0 aliphatic heterocycles. The van der Waals surface area contributed by atoms with Crippen LogP contribution in [0.3, 0.4) is 0 Å². The molecule has 1 amide bonds. The largest absolute Gasteiger partial charge is 0.481 e. The maximum atomic E-state index is 11.9. The predicted molar refractivity (Wildman–Crippen MR) is 80.4 cm³/mol. The van der Waals surface area contributed by atoms with Gasteiger partial charge in [-0.2, -0.15) is 0 Å². The molecule has 0 radical (unpaired) electrons. The Hall–Kier alpha value is -2.04. The number of amides is 1. The molecule has 1 aromatic carbocycles. The third-order valence-electron chi connectivity index (χ3n) is 3.10. The first kappa shape index (κ1) is 17.0. The van der Waals surface area contributed by atoms with Gasteiger partial charge in [-0.3, -0.25) is 9.59 Å². The molecule has 0 aliphatic rings. The fraction of sp³-hybridized carbons (Fsp3) is 0.500. The molecule has 1 aromatic rings. The molecule has 0 bridgehead atoms. The van der Waals surface area contributed by atoms with E-state index >= 15 is 0 Å². The number of hydrogen-bond donors (Lipinski definition) is 1. The van der Waals surface area contributed by atoms with Gasteiger partial charge in [0, 0.05) is 0 Å². The number of rotatable bonds is 6. The lowest BCUT2D eigenvalue weighted by atomic mass is 10.0. The van der Waals surface area contributed by atoms with Crippen molar-refractivity contribution >= 4 is 11.9 Å². The van der Waals surface area contributed by atoms with Crippen molar-refractivity contribution in [2.24, 2.45) is 0 Å². The molecule has 116 valence electrons. The number of ether oxygens (including phenoxy) is 2. The zero-order chi connectivity index (χ0) is 16.0. The Labute approximate surface area is 125 Å². The minimum atomic E-state index is -0.686. The van der Waals surface area contributed by atoms with Crippen molar-refractivity contribution in [2.45, 2.75) is 39.7 Å². The molecule has 0 aliphatic carbocycles. The van der Waals surface area contributed by atoms with Crippen LogP contribution < -0.4 is 10.1 Å². The lowest BCUT2D eigenvalue weighted by Gasteiger charge is -2.19. The van der Waals surface area contributed by atoms with E-state index in [1.165, 1.54) is 7.11 Å².